The van der Waals surface area contributed by atoms with Crippen LogP contribution in [-0.4, -0.2) is 25.5 Å². The van der Waals surface area contributed by atoms with Crippen molar-refractivity contribution in [3.05, 3.63) is 15.9 Å². The summed E-state index contributed by atoms with van der Waals surface area (Å²) in [6.07, 6.45) is 0.856. The molecule has 0 aliphatic heterocycles. The number of sulfonamides is 1. The molecule has 0 unspecified atom stereocenters. The van der Waals surface area contributed by atoms with Gasteiger partial charge in [0.15, 0.2) is 0 Å². The third-order valence-corrected chi connectivity index (χ3v) is 5.57. The maximum absolute atomic E-state index is 11.9. The summed E-state index contributed by atoms with van der Waals surface area (Å²) in [5, 5.41) is 8.89. The molecule has 1 rings (SSSR count). The number of hydrogen-bond acceptors (Lipinski definition) is 4. The SMILES string of the molecule is CCC[C@H](NS(=O)(=O)c1ccc(Br)s1)C(=O)O. The van der Waals surface area contributed by atoms with E-state index < -0.39 is 22.0 Å². The summed E-state index contributed by atoms with van der Waals surface area (Å²) in [5.74, 6) is -1.16. The Balaban J connectivity index is 2.88. The Morgan fingerprint density at radius 3 is 2.65 bits per heavy atom. The Kier molecular flexibility index (Phi) is 5.11. The first kappa shape index (κ1) is 14.6. The topological polar surface area (TPSA) is 83.5 Å². The van der Waals surface area contributed by atoms with Crippen molar-refractivity contribution < 1.29 is 18.3 Å². The van der Waals surface area contributed by atoms with Crippen LogP contribution in [0.3, 0.4) is 0 Å². The first-order valence-corrected chi connectivity index (χ1v) is 7.96. The van der Waals surface area contributed by atoms with Gasteiger partial charge in [-0.25, -0.2) is 8.42 Å². The van der Waals surface area contributed by atoms with E-state index in [2.05, 4.69) is 20.7 Å². The van der Waals surface area contributed by atoms with E-state index in [1.807, 2.05) is 0 Å². The molecule has 8 heteroatoms. The summed E-state index contributed by atoms with van der Waals surface area (Å²) in [6, 6.07) is 1.96. The van der Waals surface area contributed by atoms with E-state index in [0.717, 1.165) is 11.3 Å². The van der Waals surface area contributed by atoms with Gasteiger partial charge in [-0.3, -0.25) is 4.79 Å². The Labute approximate surface area is 112 Å². The maximum atomic E-state index is 11.9. The second-order valence-electron chi connectivity index (χ2n) is 3.36. The van der Waals surface area contributed by atoms with Crippen molar-refractivity contribution in [3.8, 4) is 0 Å². The molecule has 1 atom stereocenters. The molecule has 0 aliphatic rings. The van der Waals surface area contributed by atoms with Crippen LogP contribution >= 0.6 is 27.3 Å². The normalized spacial score (nSPS) is 13.5. The predicted octanol–water partition coefficient (Wildman–Crippen LogP) is 2.04. The standard InChI is InChI=1S/C9H12BrNO4S2/c1-2-3-6(9(12)13)11-17(14,15)8-5-4-7(10)16-8/h4-6,11H,2-3H2,1H3,(H,12,13)/t6-/m0/s1. The Morgan fingerprint density at radius 1 is 1.59 bits per heavy atom. The van der Waals surface area contributed by atoms with Gasteiger partial charge in [0.2, 0.25) is 0 Å². The number of thiophene rings is 1. The zero-order chi connectivity index (χ0) is 13.1. The highest BCUT2D eigenvalue weighted by Crippen LogP contribution is 2.26. The second kappa shape index (κ2) is 5.94. The number of hydrogen-bond donors (Lipinski definition) is 2. The van der Waals surface area contributed by atoms with Gasteiger partial charge < -0.3 is 5.11 Å². The monoisotopic (exact) mass is 341 g/mol. The smallest absolute Gasteiger partial charge is 0.321 e. The van der Waals surface area contributed by atoms with Crippen molar-refractivity contribution in [2.45, 2.75) is 30.0 Å². The fraction of sp³-hybridized carbons (Fsp3) is 0.444. The minimum Gasteiger partial charge on any atom is -0.480 e. The molecular formula is C9H12BrNO4S2. The lowest BCUT2D eigenvalue weighted by molar-refractivity contribution is -0.139. The average Bonchev–Trinajstić information content (AvgIpc) is 2.64. The molecule has 0 amide bonds. The first-order valence-electron chi connectivity index (χ1n) is 4.87. The number of nitrogens with one attached hydrogen (secondary N) is 1. The lowest BCUT2D eigenvalue weighted by Crippen LogP contribution is -2.40. The van der Waals surface area contributed by atoms with Gasteiger partial charge in [0.25, 0.3) is 10.0 Å². The van der Waals surface area contributed by atoms with Crippen LogP contribution in [0.4, 0.5) is 0 Å². The highest BCUT2D eigenvalue weighted by molar-refractivity contribution is 9.11. The molecule has 17 heavy (non-hydrogen) atoms. The van der Waals surface area contributed by atoms with Gasteiger partial charge in [-0.05, 0) is 34.5 Å². The minimum absolute atomic E-state index is 0.103. The van der Waals surface area contributed by atoms with Crippen LogP contribution in [0.2, 0.25) is 0 Å². The molecule has 0 aromatic carbocycles. The van der Waals surface area contributed by atoms with Gasteiger partial charge in [0.1, 0.15) is 10.3 Å². The number of carbonyl (C=O) groups is 1. The largest absolute Gasteiger partial charge is 0.480 e. The van der Waals surface area contributed by atoms with Crippen LogP contribution in [0.15, 0.2) is 20.1 Å². The fourth-order valence-electron chi connectivity index (χ4n) is 1.21. The predicted molar refractivity (Wildman–Crippen MR) is 68.7 cm³/mol. The molecule has 1 aromatic heterocycles. The number of carboxylic acids is 1. The van der Waals surface area contributed by atoms with Gasteiger partial charge in [0, 0.05) is 0 Å². The van der Waals surface area contributed by atoms with Gasteiger partial charge >= 0.3 is 5.97 Å². The zero-order valence-corrected chi connectivity index (χ0v) is 12.2. The van der Waals surface area contributed by atoms with Crippen LogP contribution in [0.25, 0.3) is 0 Å². The van der Waals surface area contributed by atoms with Crippen LogP contribution < -0.4 is 4.72 Å². The summed E-state index contributed by atoms with van der Waals surface area (Å²) in [6.45, 7) is 1.80. The van der Waals surface area contributed by atoms with Crippen molar-refractivity contribution in [3.63, 3.8) is 0 Å². The quantitative estimate of drug-likeness (QED) is 0.829. The molecule has 0 aliphatic carbocycles. The zero-order valence-electron chi connectivity index (χ0n) is 9.01. The first-order chi connectivity index (χ1) is 7.86. The van der Waals surface area contributed by atoms with Gasteiger partial charge in [-0.1, -0.05) is 13.3 Å². The third-order valence-electron chi connectivity index (χ3n) is 1.99. The number of halogens is 1. The van der Waals surface area contributed by atoms with E-state index in [4.69, 9.17) is 5.11 Å². The molecule has 0 fully saturated rings. The van der Waals surface area contributed by atoms with Crippen LogP contribution in [0.5, 0.6) is 0 Å². The second-order valence-corrected chi connectivity index (χ2v) is 7.76. The summed E-state index contributed by atoms with van der Waals surface area (Å²) in [5.41, 5.74) is 0. The molecule has 0 radical (unpaired) electrons. The van der Waals surface area contributed by atoms with Crippen LogP contribution in [0.1, 0.15) is 19.8 Å². The number of carboxylic acid groups (broad SMARTS) is 1. The summed E-state index contributed by atoms with van der Waals surface area (Å²) in [4.78, 5) is 10.9. The van der Waals surface area contributed by atoms with Crippen LogP contribution in [0, 0.1) is 0 Å². The molecule has 5 nitrogen and oxygen atoms in total. The van der Waals surface area contributed by atoms with Gasteiger partial charge in [0.05, 0.1) is 3.79 Å². The van der Waals surface area contributed by atoms with Crippen LogP contribution in [-0.2, 0) is 14.8 Å². The summed E-state index contributed by atoms with van der Waals surface area (Å²) in [7, 11) is -3.75. The van der Waals surface area contributed by atoms with E-state index in [9.17, 15) is 13.2 Å². The number of rotatable bonds is 6. The highest BCUT2D eigenvalue weighted by Gasteiger charge is 2.25. The van der Waals surface area contributed by atoms with E-state index in [1.165, 1.54) is 6.07 Å². The highest BCUT2D eigenvalue weighted by atomic mass is 79.9. The average molecular weight is 342 g/mol. The molecule has 2 N–H and O–H groups in total. The molecule has 0 saturated carbocycles. The lowest BCUT2D eigenvalue weighted by Gasteiger charge is -2.12. The van der Waals surface area contributed by atoms with Crippen molar-refractivity contribution in [1.29, 1.82) is 0 Å². The van der Waals surface area contributed by atoms with Crippen molar-refractivity contribution >= 4 is 43.3 Å². The summed E-state index contributed by atoms with van der Waals surface area (Å²) >= 11 is 4.20. The maximum Gasteiger partial charge on any atom is 0.321 e. The molecule has 1 aromatic rings. The number of aliphatic carboxylic acids is 1. The summed E-state index contributed by atoms with van der Waals surface area (Å²) < 4.78 is 26.7. The molecule has 0 spiro atoms. The van der Waals surface area contributed by atoms with Crippen molar-refractivity contribution in [2.24, 2.45) is 0 Å². The Morgan fingerprint density at radius 2 is 2.24 bits per heavy atom. The van der Waals surface area contributed by atoms with E-state index in [1.54, 1.807) is 13.0 Å². The molecule has 1 heterocycles. The van der Waals surface area contributed by atoms with Crippen molar-refractivity contribution in [1.82, 2.24) is 4.72 Å². The Hall–Kier alpha value is -0.440. The van der Waals surface area contributed by atoms with E-state index in [-0.39, 0.29) is 10.6 Å². The van der Waals surface area contributed by atoms with Gasteiger partial charge in [-0.15, -0.1) is 11.3 Å². The third kappa shape index (κ3) is 4.06. The minimum atomic E-state index is -3.75. The van der Waals surface area contributed by atoms with E-state index in [0.29, 0.717) is 10.2 Å². The fourth-order valence-corrected chi connectivity index (χ4v) is 4.46. The van der Waals surface area contributed by atoms with Gasteiger partial charge in [-0.2, -0.15) is 4.72 Å². The molecular weight excluding hydrogens is 330 g/mol. The van der Waals surface area contributed by atoms with Crippen molar-refractivity contribution in [2.75, 3.05) is 0 Å². The Bertz CT molecular complexity index is 497. The molecule has 96 valence electrons. The molecule has 0 bridgehead atoms. The van der Waals surface area contributed by atoms with E-state index >= 15 is 0 Å². The lowest BCUT2D eigenvalue weighted by atomic mass is 10.2. The molecule has 0 saturated heterocycles.